The molecule has 4 nitrogen and oxygen atoms in total. The van der Waals surface area contributed by atoms with Crippen LogP contribution in [-0.4, -0.2) is 23.1 Å². The molecule has 1 amide bonds. The Balaban J connectivity index is 1.62. The van der Waals surface area contributed by atoms with Gasteiger partial charge >= 0.3 is 0 Å². The zero-order valence-corrected chi connectivity index (χ0v) is 15.3. The molecule has 0 bridgehead atoms. The fourth-order valence-electron chi connectivity index (χ4n) is 3.28. The second-order valence-corrected chi connectivity index (χ2v) is 6.73. The molecule has 0 unspecified atom stereocenters. The molecule has 2 aromatic rings. The topological polar surface area (TPSA) is 38.8 Å². The lowest BCUT2D eigenvalue weighted by molar-refractivity contribution is -0.201. The van der Waals surface area contributed by atoms with Crippen LogP contribution in [0, 0.1) is 0 Å². The summed E-state index contributed by atoms with van der Waals surface area (Å²) >= 11 is 0. The molecule has 138 valence electrons. The molecule has 4 heteroatoms. The molecule has 0 spiro atoms. The third-order valence-electron chi connectivity index (χ3n) is 4.73. The molecule has 2 aromatic carbocycles. The van der Waals surface area contributed by atoms with Crippen LogP contribution in [0.2, 0.25) is 0 Å². The van der Waals surface area contributed by atoms with Crippen LogP contribution >= 0.6 is 0 Å². The van der Waals surface area contributed by atoms with Gasteiger partial charge < -0.3 is 4.74 Å². The first kappa shape index (κ1) is 18.6. The second-order valence-electron chi connectivity index (χ2n) is 6.73. The molecule has 1 heterocycles. The van der Waals surface area contributed by atoms with Gasteiger partial charge in [-0.3, -0.25) is 9.63 Å². The number of unbranched alkanes of at least 4 members (excludes halogenated alkanes) is 1. The summed E-state index contributed by atoms with van der Waals surface area (Å²) < 4.78 is 6.11. The highest BCUT2D eigenvalue weighted by molar-refractivity contribution is 5.78. The van der Waals surface area contributed by atoms with E-state index in [9.17, 15) is 4.79 Å². The van der Waals surface area contributed by atoms with Crippen molar-refractivity contribution >= 4 is 5.91 Å². The van der Waals surface area contributed by atoms with Gasteiger partial charge in [-0.15, -0.1) is 0 Å². The summed E-state index contributed by atoms with van der Waals surface area (Å²) in [5.41, 5.74) is 2.18. The summed E-state index contributed by atoms with van der Waals surface area (Å²) in [6.45, 7) is 3.08. The van der Waals surface area contributed by atoms with E-state index in [4.69, 9.17) is 9.57 Å². The molecule has 0 radical (unpaired) electrons. The van der Waals surface area contributed by atoms with Gasteiger partial charge in [-0.05, 0) is 17.5 Å². The number of ether oxygens (including phenoxy) is 1. The number of nitrogens with zero attached hydrogens (tertiary/aromatic N) is 1. The molecule has 0 aliphatic carbocycles. The lowest BCUT2D eigenvalue weighted by Gasteiger charge is -2.27. The van der Waals surface area contributed by atoms with Crippen LogP contribution in [0.5, 0.6) is 0 Å². The Morgan fingerprint density at radius 2 is 1.58 bits per heavy atom. The molecule has 0 N–H and O–H groups in total. The van der Waals surface area contributed by atoms with Crippen molar-refractivity contribution in [2.24, 2.45) is 0 Å². The highest BCUT2D eigenvalue weighted by Gasteiger charge is 2.41. The Kier molecular flexibility index (Phi) is 6.81. The average molecular weight is 353 g/mol. The number of carbonyl (C=O) groups is 1. The zero-order valence-electron chi connectivity index (χ0n) is 15.3. The van der Waals surface area contributed by atoms with E-state index in [0.29, 0.717) is 19.6 Å². The lowest BCUT2D eigenvalue weighted by atomic mass is 10.1. The van der Waals surface area contributed by atoms with Gasteiger partial charge in [0, 0.05) is 0 Å². The number of rotatable bonds is 9. The van der Waals surface area contributed by atoms with Crippen molar-refractivity contribution in [2.75, 3.05) is 0 Å². The van der Waals surface area contributed by atoms with E-state index in [1.165, 1.54) is 0 Å². The van der Waals surface area contributed by atoms with Gasteiger partial charge in [0.1, 0.15) is 6.61 Å². The van der Waals surface area contributed by atoms with Crippen LogP contribution in [0.4, 0.5) is 0 Å². The van der Waals surface area contributed by atoms with Crippen molar-refractivity contribution in [3.05, 3.63) is 71.8 Å². The van der Waals surface area contributed by atoms with Gasteiger partial charge in [-0.25, -0.2) is 5.06 Å². The van der Waals surface area contributed by atoms with Crippen LogP contribution < -0.4 is 0 Å². The Labute approximate surface area is 155 Å². The minimum Gasteiger partial charge on any atom is -0.371 e. The molecule has 0 saturated carbocycles. The van der Waals surface area contributed by atoms with Crippen molar-refractivity contribution in [3.63, 3.8) is 0 Å². The van der Waals surface area contributed by atoms with Crippen molar-refractivity contribution in [1.29, 1.82) is 0 Å². The van der Waals surface area contributed by atoms with Crippen LogP contribution in [0.25, 0.3) is 0 Å². The number of hydrogen-bond acceptors (Lipinski definition) is 3. The summed E-state index contributed by atoms with van der Waals surface area (Å²) in [5.74, 6) is 0.0140. The highest BCUT2D eigenvalue weighted by Crippen LogP contribution is 2.28. The average Bonchev–Trinajstić information content (AvgIpc) is 2.99. The van der Waals surface area contributed by atoms with Crippen molar-refractivity contribution in [1.82, 2.24) is 5.06 Å². The number of benzene rings is 2. The molecule has 0 aromatic heterocycles. The molecule has 26 heavy (non-hydrogen) atoms. The SMILES string of the molecule is CCCC[C@@H]1[C@@H](OCc2ccccc2)CC(=O)N1OCc1ccccc1. The van der Waals surface area contributed by atoms with E-state index in [1.807, 2.05) is 60.7 Å². The first-order chi connectivity index (χ1) is 12.8. The molecule has 1 aliphatic heterocycles. The summed E-state index contributed by atoms with van der Waals surface area (Å²) in [5, 5.41) is 1.57. The normalized spacial score (nSPS) is 19.9. The van der Waals surface area contributed by atoms with Crippen molar-refractivity contribution in [3.8, 4) is 0 Å². The zero-order chi connectivity index (χ0) is 18.2. The fourth-order valence-corrected chi connectivity index (χ4v) is 3.28. The van der Waals surface area contributed by atoms with Gasteiger partial charge in [0.05, 0.1) is 25.2 Å². The summed E-state index contributed by atoms with van der Waals surface area (Å²) in [4.78, 5) is 18.4. The summed E-state index contributed by atoms with van der Waals surface area (Å²) in [7, 11) is 0. The number of amides is 1. The minimum absolute atomic E-state index is 0.0140. The molecule has 2 atom stereocenters. The predicted molar refractivity (Wildman–Crippen MR) is 101 cm³/mol. The molecule has 1 fully saturated rings. The van der Waals surface area contributed by atoms with E-state index in [0.717, 1.165) is 30.4 Å². The summed E-state index contributed by atoms with van der Waals surface area (Å²) in [6, 6.07) is 20.0. The predicted octanol–water partition coefficient (Wildman–Crippen LogP) is 4.49. The fraction of sp³-hybridized carbons (Fsp3) is 0.409. The molecule has 1 aliphatic rings. The maximum atomic E-state index is 12.5. The summed E-state index contributed by atoms with van der Waals surface area (Å²) in [6.07, 6.45) is 3.30. The minimum atomic E-state index is -0.120. The third kappa shape index (κ3) is 4.93. The third-order valence-corrected chi connectivity index (χ3v) is 4.73. The second kappa shape index (κ2) is 9.51. The first-order valence-corrected chi connectivity index (χ1v) is 9.42. The number of carbonyl (C=O) groups excluding carboxylic acids is 1. The van der Waals surface area contributed by atoms with E-state index in [1.54, 1.807) is 5.06 Å². The van der Waals surface area contributed by atoms with Gasteiger partial charge in [0.2, 0.25) is 5.91 Å². The lowest BCUT2D eigenvalue weighted by Crippen LogP contribution is -2.37. The van der Waals surface area contributed by atoms with E-state index in [2.05, 4.69) is 6.92 Å². The van der Waals surface area contributed by atoms with Crippen LogP contribution in [0.15, 0.2) is 60.7 Å². The largest absolute Gasteiger partial charge is 0.371 e. The maximum Gasteiger partial charge on any atom is 0.249 e. The van der Waals surface area contributed by atoms with E-state index < -0.39 is 0 Å². The molecular weight excluding hydrogens is 326 g/mol. The smallest absolute Gasteiger partial charge is 0.249 e. The Morgan fingerprint density at radius 1 is 0.962 bits per heavy atom. The maximum absolute atomic E-state index is 12.5. The van der Waals surface area contributed by atoms with E-state index >= 15 is 0 Å². The van der Waals surface area contributed by atoms with Crippen molar-refractivity contribution < 1.29 is 14.4 Å². The molecule has 3 rings (SSSR count). The Bertz CT molecular complexity index is 674. The van der Waals surface area contributed by atoms with Gasteiger partial charge in [-0.1, -0.05) is 80.4 Å². The first-order valence-electron chi connectivity index (χ1n) is 9.42. The highest BCUT2D eigenvalue weighted by atomic mass is 16.7. The standard InChI is InChI=1S/C22H27NO3/c1-2-3-14-20-21(25-16-18-10-6-4-7-11-18)15-22(24)23(20)26-17-19-12-8-5-9-13-19/h4-13,20-21H,2-3,14-17H2,1H3/t20-,21+/m1/s1. The number of hydroxylamine groups is 2. The van der Waals surface area contributed by atoms with E-state index in [-0.39, 0.29) is 18.1 Å². The van der Waals surface area contributed by atoms with Gasteiger partial charge in [0.25, 0.3) is 0 Å². The number of hydrogen-bond donors (Lipinski definition) is 0. The van der Waals surface area contributed by atoms with Gasteiger partial charge in [0.15, 0.2) is 0 Å². The van der Waals surface area contributed by atoms with Crippen LogP contribution in [0.1, 0.15) is 43.7 Å². The molecular formula is C22H27NO3. The Hall–Kier alpha value is -2.17. The quantitative estimate of drug-likeness (QED) is 0.666. The van der Waals surface area contributed by atoms with Crippen LogP contribution in [0.3, 0.4) is 0 Å². The van der Waals surface area contributed by atoms with Crippen molar-refractivity contribution in [2.45, 2.75) is 58.0 Å². The molecule has 1 saturated heterocycles. The monoisotopic (exact) mass is 353 g/mol. The Morgan fingerprint density at radius 3 is 2.19 bits per heavy atom. The van der Waals surface area contributed by atoms with Gasteiger partial charge in [-0.2, -0.15) is 0 Å². The van der Waals surface area contributed by atoms with Crippen LogP contribution in [-0.2, 0) is 27.6 Å².